The Balaban J connectivity index is 2.58. The minimum atomic E-state index is -3.71. The summed E-state index contributed by atoms with van der Waals surface area (Å²) >= 11 is 0. The third kappa shape index (κ3) is 2.41. The number of ether oxygens (including phenoxy) is 1. The lowest BCUT2D eigenvalue weighted by Gasteiger charge is -2.33. The SMILES string of the molecule is Cc1cc(F)c(N)c(C)c1S(=O)(=O)N1CCOCC1C. The molecule has 1 aliphatic heterocycles. The molecule has 0 spiro atoms. The highest BCUT2D eigenvalue weighted by molar-refractivity contribution is 7.89. The van der Waals surface area contributed by atoms with Crippen molar-refractivity contribution in [2.75, 3.05) is 25.5 Å². The van der Waals surface area contributed by atoms with E-state index in [9.17, 15) is 12.8 Å². The first-order valence-corrected chi connectivity index (χ1v) is 7.85. The van der Waals surface area contributed by atoms with Gasteiger partial charge in [-0.3, -0.25) is 0 Å². The molecule has 1 fully saturated rings. The summed E-state index contributed by atoms with van der Waals surface area (Å²) in [7, 11) is -3.71. The van der Waals surface area contributed by atoms with Crippen LogP contribution in [-0.4, -0.2) is 38.5 Å². The van der Waals surface area contributed by atoms with Crippen LogP contribution >= 0.6 is 0 Å². The summed E-state index contributed by atoms with van der Waals surface area (Å²) in [6, 6.07) is 0.916. The van der Waals surface area contributed by atoms with Crippen LogP contribution in [-0.2, 0) is 14.8 Å². The Morgan fingerprint density at radius 1 is 1.45 bits per heavy atom. The standard InChI is InChI=1S/C13H19FN2O3S/c1-8-6-11(14)12(15)10(3)13(8)20(17,18)16-4-5-19-7-9(16)2/h6,9H,4-5,7,15H2,1-3H3. The predicted octanol–water partition coefficient (Wildman–Crippen LogP) is 1.43. The van der Waals surface area contributed by atoms with Gasteiger partial charge in [0.25, 0.3) is 0 Å². The molecule has 0 saturated carbocycles. The molecule has 0 amide bonds. The fraction of sp³-hybridized carbons (Fsp3) is 0.538. The number of hydrogen-bond donors (Lipinski definition) is 1. The molecule has 5 nitrogen and oxygen atoms in total. The second-order valence-electron chi connectivity index (χ2n) is 5.08. The monoisotopic (exact) mass is 302 g/mol. The van der Waals surface area contributed by atoms with E-state index in [0.717, 1.165) is 0 Å². The molecule has 112 valence electrons. The van der Waals surface area contributed by atoms with Crippen molar-refractivity contribution in [2.45, 2.75) is 31.7 Å². The number of sulfonamides is 1. The van der Waals surface area contributed by atoms with Crippen LogP contribution in [0.15, 0.2) is 11.0 Å². The number of anilines is 1. The molecule has 1 heterocycles. The Hall–Kier alpha value is -1.18. The van der Waals surface area contributed by atoms with Crippen molar-refractivity contribution >= 4 is 15.7 Å². The van der Waals surface area contributed by atoms with E-state index in [1.54, 1.807) is 13.8 Å². The largest absolute Gasteiger partial charge is 0.396 e. The van der Waals surface area contributed by atoms with E-state index in [1.807, 2.05) is 0 Å². The van der Waals surface area contributed by atoms with Gasteiger partial charge in [-0.2, -0.15) is 4.31 Å². The molecule has 7 heteroatoms. The van der Waals surface area contributed by atoms with Crippen molar-refractivity contribution < 1.29 is 17.5 Å². The van der Waals surface area contributed by atoms with Gasteiger partial charge < -0.3 is 10.5 Å². The van der Waals surface area contributed by atoms with Crippen LogP contribution in [0.25, 0.3) is 0 Å². The minimum absolute atomic E-state index is 0.102. The molecule has 0 bridgehead atoms. The molecule has 2 N–H and O–H groups in total. The molecule has 1 aromatic carbocycles. The number of nitrogens with two attached hydrogens (primary N) is 1. The molecule has 1 unspecified atom stereocenters. The third-order valence-corrected chi connectivity index (χ3v) is 5.88. The van der Waals surface area contributed by atoms with Crippen LogP contribution in [0.2, 0.25) is 0 Å². The molecule has 1 aromatic rings. The molecule has 0 aliphatic carbocycles. The maximum atomic E-state index is 13.6. The topological polar surface area (TPSA) is 72.6 Å². The van der Waals surface area contributed by atoms with Crippen molar-refractivity contribution in [3.63, 3.8) is 0 Å². The molecular weight excluding hydrogens is 283 g/mol. The van der Waals surface area contributed by atoms with E-state index in [1.165, 1.54) is 17.3 Å². The number of nitrogens with zero attached hydrogens (tertiary/aromatic N) is 1. The Labute approximate surface area is 118 Å². The normalized spacial score (nSPS) is 21.1. The Morgan fingerprint density at radius 2 is 2.10 bits per heavy atom. The Bertz CT molecular complexity index is 631. The second-order valence-corrected chi connectivity index (χ2v) is 6.91. The lowest BCUT2D eigenvalue weighted by molar-refractivity contribution is 0.0392. The zero-order valence-corrected chi connectivity index (χ0v) is 12.6. The molecule has 2 rings (SSSR count). The fourth-order valence-electron chi connectivity index (χ4n) is 2.51. The lowest BCUT2D eigenvalue weighted by atomic mass is 10.1. The average molecular weight is 302 g/mol. The summed E-state index contributed by atoms with van der Waals surface area (Å²) in [4.78, 5) is 0.102. The summed E-state index contributed by atoms with van der Waals surface area (Å²) < 4.78 is 45.8. The zero-order valence-electron chi connectivity index (χ0n) is 11.8. The summed E-state index contributed by atoms with van der Waals surface area (Å²) in [5.41, 5.74) is 6.15. The smallest absolute Gasteiger partial charge is 0.244 e. The van der Waals surface area contributed by atoms with E-state index in [-0.39, 0.29) is 22.2 Å². The first-order chi connectivity index (χ1) is 9.26. The molecule has 20 heavy (non-hydrogen) atoms. The van der Waals surface area contributed by atoms with Gasteiger partial charge in [0, 0.05) is 12.6 Å². The van der Waals surface area contributed by atoms with Crippen molar-refractivity contribution in [1.29, 1.82) is 0 Å². The van der Waals surface area contributed by atoms with Gasteiger partial charge in [-0.05, 0) is 38.0 Å². The quantitative estimate of drug-likeness (QED) is 0.839. The van der Waals surface area contributed by atoms with E-state index < -0.39 is 15.8 Å². The molecule has 1 aliphatic rings. The summed E-state index contributed by atoms with van der Waals surface area (Å²) in [5, 5.41) is 0. The highest BCUT2D eigenvalue weighted by Gasteiger charge is 2.34. The summed E-state index contributed by atoms with van der Waals surface area (Å²) in [6.07, 6.45) is 0. The number of aryl methyl sites for hydroxylation is 1. The lowest BCUT2D eigenvalue weighted by Crippen LogP contribution is -2.47. The van der Waals surface area contributed by atoms with Gasteiger partial charge in [-0.1, -0.05) is 0 Å². The first-order valence-electron chi connectivity index (χ1n) is 6.41. The van der Waals surface area contributed by atoms with Gasteiger partial charge in [0.1, 0.15) is 5.82 Å². The van der Waals surface area contributed by atoms with Gasteiger partial charge in [0.2, 0.25) is 10.0 Å². The molecule has 0 radical (unpaired) electrons. The van der Waals surface area contributed by atoms with Gasteiger partial charge in [-0.15, -0.1) is 0 Å². The number of morpholine rings is 1. The van der Waals surface area contributed by atoms with E-state index in [2.05, 4.69) is 0 Å². The van der Waals surface area contributed by atoms with Crippen LogP contribution in [0.3, 0.4) is 0 Å². The predicted molar refractivity (Wildman–Crippen MR) is 74.5 cm³/mol. The van der Waals surface area contributed by atoms with Crippen LogP contribution in [0, 0.1) is 19.7 Å². The number of hydrogen-bond acceptors (Lipinski definition) is 4. The van der Waals surface area contributed by atoms with E-state index in [0.29, 0.717) is 25.3 Å². The van der Waals surface area contributed by atoms with E-state index >= 15 is 0 Å². The third-order valence-electron chi connectivity index (χ3n) is 3.58. The summed E-state index contributed by atoms with van der Waals surface area (Å²) in [5.74, 6) is -0.589. The molecule has 1 saturated heterocycles. The summed E-state index contributed by atoms with van der Waals surface area (Å²) in [6.45, 7) is 5.90. The highest BCUT2D eigenvalue weighted by Crippen LogP contribution is 2.31. The highest BCUT2D eigenvalue weighted by atomic mass is 32.2. The van der Waals surface area contributed by atoms with Crippen LogP contribution in [0.5, 0.6) is 0 Å². The van der Waals surface area contributed by atoms with Gasteiger partial charge in [-0.25, -0.2) is 12.8 Å². The molecule has 0 aromatic heterocycles. The van der Waals surface area contributed by atoms with E-state index in [4.69, 9.17) is 10.5 Å². The number of rotatable bonds is 2. The number of benzene rings is 1. The maximum Gasteiger partial charge on any atom is 0.244 e. The van der Waals surface area contributed by atoms with Gasteiger partial charge in [0.15, 0.2) is 0 Å². The minimum Gasteiger partial charge on any atom is -0.396 e. The first kappa shape index (κ1) is 15.2. The molecular formula is C13H19FN2O3S. The second kappa shape index (κ2) is 5.31. The van der Waals surface area contributed by atoms with Crippen LogP contribution in [0.1, 0.15) is 18.1 Å². The van der Waals surface area contributed by atoms with Gasteiger partial charge in [0.05, 0.1) is 23.8 Å². The average Bonchev–Trinajstić information content (AvgIpc) is 2.36. The van der Waals surface area contributed by atoms with Crippen molar-refractivity contribution in [3.05, 3.63) is 23.0 Å². The Morgan fingerprint density at radius 3 is 2.70 bits per heavy atom. The van der Waals surface area contributed by atoms with Crippen LogP contribution in [0.4, 0.5) is 10.1 Å². The van der Waals surface area contributed by atoms with Crippen molar-refractivity contribution in [2.24, 2.45) is 0 Å². The maximum absolute atomic E-state index is 13.6. The molecule has 1 atom stereocenters. The van der Waals surface area contributed by atoms with Crippen molar-refractivity contribution in [3.8, 4) is 0 Å². The van der Waals surface area contributed by atoms with Crippen molar-refractivity contribution in [1.82, 2.24) is 4.31 Å². The Kier molecular flexibility index (Phi) is 4.04. The van der Waals surface area contributed by atoms with Gasteiger partial charge >= 0.3 is 0 Å². The van der Waals surface area contributed by atoms with Crippen LogP contribution < -0.4 is 5.73 Å². The fourth-order valence-corrected chi connectivity index (χ4v) is 4.56. The zero-order chi connectivity index (χ0) is 15.1. The number of halogens is 1. The number of nitrogen functional groups attached to an aromatic ring is 1.